The van der Waals surface area contributed by atoms with E-state index in [4.69, 9.17) is 4.74 Å². The van der Waals surface area contributed by atoms with Gasteiger partial charge >= 0.3 is 6.03 Å². The molecule has 5 heteroatoms. The molecule has 1 fully saturated rings. The van der Waals surface area contributed by atoms with Gasteiger partial charge in [0.1, 0.15) is 18.1 Å². The third kappa shape index (κ3) is 3.99. The topological polar surface area (TPSA) is 58.6 Å². The molecule has 29 heavy (non-hydrogen) atoms. The third-order valence-corrected chi connectivity index (χ3v) is 4.84. The fraction of sp³-hybridized carbons (Fsp3) is 0.167. The highest BCUT2D eigenvalue weighted by Crippen LogP contribution is 2.24. The van der Waals surface area contributed by atoms with E-state index in [1.54, 1.807) is 6.08 Å². The van der Waals surface area contributed by atoms with E-state index in [0.29, 0.717) is 18.9 Å². The summed E-state index contributed by atoms with van der Waals surface area (Å²) >= 11 is 0. The molecule has 1 aliphatic rings. The van der Waals surface area contributed by atoms with Gasteiger partial charge in [0, 0.05) is 12.1 Å². The van der Waals surface area contributed by atoms with Crippen molar-refractivity contribution in [3.63, 3.8) is 0 Å². The van der Waals surface area contributed by atoms with Crippen molar-refractivity contribution in [1.29, 1.82) is 0 Å². The Morgan fingerprint density at radius 3 is 2.55 bits per heavy atom. The molecule has 1 N–H and O–H groups in total. The maximum atomic E-state index is 12.5. The number of carbonyl (C=O) groups excluding carboxylic acids is 2. The number of rotatable bonds is 6. The van der Waals surface area contributed by atoms with E-state index >= 15 is 0 Å². The van der Waals surface area contributed by atoms with Gasteiger partial charge in [-0.05, 0) is 41.0 Å². The number of para-hydroxylation sites is 1. The molecular weight excluding hydrogens is 364 g/mol. The molecule has 0 atom stereocenters. The van der Waals surface area contributed by atoms with E-state index in [9.17, 15) is 9.59 Å². The molecular formula is C24H22N2O3. The lowest BCUT2D eigenvalue weighted by atomic mass is 10.1. The third-order valence-electron chi connectivity index (χ3n) is 4.84. The van der Waals surface area contributed by atoms with Crippen molar-refractivity contribution in [3.05, 3.63) is 83.6 Å². The molecule has 0 radical (unpaired) electrons. The molecule has 0 bridgehead atoms. The maximum absolute atomic E-state index is 12.5. The number of imide groups is 1. The van der Waals surface area contributed by atoms with Gasteiger partial charge in [-0.25, -0.2) is 4.79 Å². The summed E-state index contributed by atoms with van der Waals surface area (Å²) in [5, 5.41) is 5.01. The van der Waals surface area contributed by atoms with Crippen LogP contribution in [0.5, 0.6) is 5.75 Å². The molecule has 1 heterocycles. The van der Waals surface area contributed by atoms with Gasteiger partial charge < -0.3 is 10.1 Å². The van der Waals surface area contributed by atoms with Crippen LogP contribution in [0, 0.1) is 0 Å². The number of hydrogen-bond donors (Lipinski definition) is 1. The number of amides is 3. The van der Waals surface area contributed by atoms with Gasteiger partial charge in [0.2, 0.25) is 0 Å². The highest BCUT2D eigenvalue weighted by Gasteiger charge is 2.32. The van der Waals surface area contributed by atoms with Crippen LogP contribution in [0.15, 0.2) is 72.4 Å². The summed E-state index contributed by atoms with van der Waals surface area (Å²) in [7, 11) is 0. The number of benzene rings is 3. The predicted molar refractivity (Wildman–Crippen MR) is 113 cm³/mol. The van der Waals surface area contributed by atoms with Crippen LogP contribution in [0.25, 0.3) is 16.8 Å². The number of nitrogens with one attached hydrogen (secondary N) is 1. The smallest absolute Gasteiger partial charge is 0.329 e. The van der Waals surface area contributed by atoms with Crippen LogP contribution in [0.1, 0.15) is 24.5 Å². The molecule has 0 unspecified atom stereocenters. The lowest BCUT2D eigenvalue weighted by Gasteiger charge is -2.11. The summed E-state index contributed by atoms with van der Waals surface area (Å²) < 4.78 is 6.04. The molecule has 1 saturated heterocycles. The van der Waals surface area contributed by atoms with Gasteiger partial charge in [-0.3, -0.25) is 9.69 Å². The van der Waals surface area contributed by atoms with Gasteiger partial charge in [0.05, 0.1) is 0 Å². The Morgan fingerprint density at radius 1 is 0.966 bits per heavy atom. The fourth-order valence-corrected chi connectivity index (χ4v) is 3.37. The minimum atomic E-state index is -0.377. The van der Waals surface area contributed by atoms with Crippen LogP contribution in [0.3, 0.4) is 0 Å². The summed E-state index contributed by atoms with van der Waals surface area (Å²) in [5.74, 6) is 0.352. The van der Waals surface area contributed by atoms with Gasteiger partial charge in [-0.15, -0.1) is 0 Å². The molecule has 0 aliphatic carbocycles. The summed E-state index contributed by atoms with van der Waals surface area (Å²) in [6.45, 7) is 2.74. The van der Waals surface area contributed by atoms with Gasteiger partial charge in [-0.2, -0.15) is 0 Å². The lowest BCUT2D eigenvalue weighted by molar-refractivity contribution is -0.122. The van der Waals surface area contributed by atoms with E-state index in [2.05, 4.69) is 29.6 Å². The second-order valence-electron chi connectivity index (χ2n) is 6.95. The first-order valence-corrected chi connectivity index (χ1v) is 9.70. The average Bonchev–Trinajstić information content (AvgIpc) is 3.01. The second-order valence-corrected chi connectivity index (χ2v) is 6.95. The lowest BCUT2D eigenvalue weighted by Crippen LogP contribution is -2.31. The Labute approximate surface area is 169 Å². The normalized spacial score (nSPS) is 15.2. The van der Waals surface area contributed by atoms with Gasteiger partial charge in [0.15, 0.2) is 0 Å². The fourth-order valence-electron chi connectivity index (χ4n) is 3.37. The highest BCUT2D eigenvalue weighted by molar-refractivity contribution is 6.14. The number of urea groups is 1. The maximum Gasteiger partial charge on any atom is 0.329 e. The number of ether oxygens (including phenoxy) is 1. The number of fused-ring (bicyclic) bond motifs is 1. The minimum absolute atomic E-state index is 0.269. The zero-order valence-electron chi connectivity index (χ0n) is 16.2. The summed E-state index contributed by atoms with van der Waals surface area (Å²) in [6, 6.07) is 21.5. The van der Waals surface area contributed by atoms with E-state index in [1.165, 1.54) is 15.7 Å². The van der Waals surface area contributed by atoms with E-state index in [1.807, 2.05) is 49.4 Å². The van der Waals surface area contributed by atoms with E-state index in [0.717, 1.165) is 17.5 Å². The van der Waals surface area contributed by atoms with Crippen molar-refractivity contribution in [3.8, 4) is 5.75 Å². The largest absolute Gasteiger partial charge is 0.488 e. The van der Waals surface area contributed by atoms with Crippen molar-refractivity contribution in [2.45, 2.75) is 20.0 Å². The van der Waals surface area contributed by atoms with Crippen molar-refractivity contribution >= 4 is 28.8 Å². The first kappa shape index (κ1) is 18.7. The predicted octanol–water partition coefficient (Wildman–Crippen LogP) is 4.72. The van der Waals surface area contributed by atoms with Crippen molar-refractivity contribution in [1.82, 2.24) is 10.2 Å². The molecule has 146 valence electrons. The molecule has 0 saturated carbocycles. The standard InChI is InChI=1S/C24H22N2O3/c1-2-13-26-23(27)21(25-24(26)28)15-20-9-5-6-10-22(20)29-16-17-11-12-18-7-3-4-8-19(18)14-17/h3-12,14-15H,2,13,16H2,1H3,(H,25,28)/b21-15+. The first-order chi connectivity index (χ1) is 14.2. The van der Waals surface area contributed by atoms with Crippen molar-refractivity contribution in [2.24, 2.45) is 0 Å². The minimum Gasteiger partial charge on any atom is -0.488 e. The zero-order chi connectivity index (χ0) is 20.2. The number of hydrogen-bond acceptors (Lipinski definition) is 3. The average molecular weight is 386 g/mol. The first-order valence-electron chi connectivity index (χ1n) is 9.70. The Bertz CT molecular complexity index is 1100. The number of nitrogens with zero attached hydrogens (tertiary/aromatic N) is 1. The van der Waals surface area contributed by atoms with Gasteiger partial charge in [-0.1, -0.05) is 61.5 Å². The van der Waals surface area contributed by atoms with Crippen LogP contribution in [0.2, 0.25) is 0 Å². The van der Waals surface area contributed by atoms with Gasteiger partial charge in [0.25, 0.3) is 5.91 Å². The van der Waals surface area contributed by atoms with E-state index < -0.39 is 0 Å². The Balaban J connectivity index is 1.54. The summed E-state index contributed by atoms with van der Waals surface area (Å²) in [4.78, 5) is 25.7. The van der Waals surface area contributed by atoms with Crippen LogP contribution in [-0.4, -0.2) is 23.4 Å². The zero-order valence-corrected chi connectivity index (χ0v) is 16.2. The summed E-state index contributed by atoms with van der Waals surface area (Å²) in [6.07, 6.45) is 2.39. The van der Waals surface area contributed by atoms with Crippen LogP contribution < -0.4 is 10.1 Å². The Morgan fingerprint density at radius 2 is 1.72 bits per heavy atom. The molecule has 0 aromatic heterocycles. The molecule has 1 aliphatic heterocycles. The molecule has 5 nitrogen and oxygen atoms in total. The molecule has 0 spiro atoms. The van der Waals surface area contributed by atoms with Crippen molar-refractivity contribution in [2.75, 3.05) is 6.54 Å². The van der Waals surface area contributed by atoms with Crippen LogP contribution in [0.4, 0.5) is 4.79 Å². The van der Waals surface area contributed by atoms with E-state index in [-0.39, 0.29) is 17.6 Å². The van der Waals surface area contributed by atoms with Crippen LogP contribution in [-0.2, 0) is 11.4 Å². The Kier molecular flexibility index (Phi) is 5.29. The molecule has 3 aromatic rings. The summed E-state index contributed by atoms with van der Waals surface area (Å²) in [5.41, 5.74) is 2.08. The molecule has 3 aromatic carbocycles. The quantitative estimate of drug-likeness (QED) is 0.493. The second kappa shape index (κ2) is 8.19. The van der Waals surface area contributed by atoms with Crippen LogP contribution >= 0.6 is 0 Å². The number of carbonyl (C=O) groups is 2. The monoisotopic (exact) mass is 386 g/mol. The Hall–Kier alpha value is -3.60. The van der Waals surface area contributed by atoms with Crippen molar-refractivity contribution < 1.29 is 14.3 Å². The highest BCUT2D eigenvalue weighted by atomic mass is 16.5. The molecule has 4 rings (SSSR count). The molecule has 3 amide bonds. The SMILES string of the molecule is CCCN1C(=O)N/C(=C/c2ccccc2OCc2ccc3ccccc3c2)C1=O.